The number of para-hydroxylation sites is 1. The van der Waals surface area contributed by atoms with Gasteiger partial charge in [-0.3, -0.25) is 0 Å². The van der Waals surface area contributed by atoms with E-state index in [0.717, 1.165) is 20.7 Å². The lowest BCUT2D eigenvalue weighted by molar-refractivity contribution is 0.872. The number of hydrogen-bond donors (Lipinski definition) is 1. The van der Waals surface area contributed by atoms with Gasteiger partial charge < -0.3 is 0 Å². The van der Waals surface area contributed by atoms with Gasteiger partial charge in [0.25, 0.3) is 0 Å². The van der Waals surface area contributed by atoms with E-state index in [1.54, 1.807) is 4.68 Å². The second kappa shape index (κ2) is 5.12. The van der Waals surface area contributed by atoms with Gasteiger partial charge in [-0.2, -0.15) is 4.98 Å². The van der Waals surface area contributed by atoms with E-state index in [-0.39, 0.29) is 0 Å². The SMILES string of the molecule is O=c1nc(-c2sc3ccccc3c2Cl)n(-c2ccccc2)[nH]1. The summed E-state index contributed by atoms with van der Waals surface area (Å²) >= 11 is 8.03. The van der Waals surface area contributed by atoms with Crippen LogP contribution in [0.1, 0.15) is 0 Å². The Balaban J connectivity index is 2.00. The van der Waals surface area contributed by atoms with Crippen molar-refractivity contribution >= 4 is 33.0 Å². The van der Waals surface area contributed by atoms with Crippen molar-refractivity contribution in [2.45, 2.75) is 0 Å². The molecule has 1 N–H and O–H groups in total. The van der Waals surface area contributed by atoms with E-state index in [9.17, 15) is 4.79 Å². The molecule has 0 radical (unpaired) electrons. The fourth-order valence-corrected chi connectivity index (χ4v) is 3.89. The maximum Gasteiger partial charge on any atom is 0.362 e. The van der Waals surface area contributed by atoms with Crippen LogP contribution in [0.5, 0.6) is 0 Å². The molecule has 0 bridgehead atoms. The number of nitrogens with one attached hydrogen (secondary N) is 1. The molecule has 0 aliphatic carbocycles. The molecule has 0 atom stereocenters. The molecule has 4 nitrogen and oxygen atoms in total. The largest absolute Gasteiger partial charge is 0.362 e. The van der Waals surface area contributed by atoms with E-state index in [0.29, 0.717) is 10.8 Å². The molecule has 0 aliphatic rings. The van der Waals surface area contributed by atoms with Gasteiger partial charge in [0.1, 0.15) is 0 Å². The van der Waals surface area contributed by atoms with Crippen LogP contribution in [-0.2, 0) is 0 Å². The number of nitrogens with zero attached hydrogens (tertiary/aromatic N) is 2. The molecule has 0 saturated carbocycles. The molecule has 0 fully saturated rings. The minimum atomic E-state index is -0.396. The fraction of sp³-hybridized carbons (Fsp3) is 0. The van der Waals surface area contributed by atoms with Gasteiger partial charge in [0.2, 0.25) is 0 Å². The number of fused-ring (bicyclic) bond motifs is 1. The molecule has 0 aliphatic heterocycles. The first-order chi connectivity index (χ1) is 10.7. The van der Waals surface area contributed by atoms with E-state index in [4.69, 9.17) is 11.6 Å². The average Bonchev–Trinajstić information content (AvgIpc) is 3.09. The lowest BCUT2D eigenvalue weighted by atomic mass is 10.2. The van der Waals surface area contributed by atoms with E-state index >= 15 is 0 Å². The monoisotopic (exact) mass is 327 g/mol. The average molecular weight is 328 g/mol. The molecule has 4 rings (SSSR count). The molecule has 2 heterocycles. The molecule has 0 unspecified atom stereocenters. The summed E-state index contributed by atoms with van der Waals surface area (Å²) in [5, 5.41) is 4.32. The second-order valence-electron chi connectivity index (χ2n) is 4.76. The van der Waals surface area contributed by atoms with Crippen molar-refractivity contribution in [2.75, 3.05) is 0 Å². The molecular formula is C16H10ClN3OS. The summed E-state index contributed by atoms with van der Waals surface area (Å²) in [5.41, 5.74) is 0.438. The Kier molecular flexibility index (Phi) is 3.10. The van der Waals surface area contributed by atoms with Crippen LogP contribution in [0.2, 0.25) is 5.02 Å². The zero-order chi connectivity index (χ0) is 15.1. The summed E-state index contributed by atoms with van der Waals surface area (Å²) in [5.74, 6) is 0.530. The van der Waals surface area contributed by atoms with Crippen LogP contribution in [0.15, 0.2) is 59.4 Å². The number of halogens is 1. The smallest absolute Gasteiger partial charge is 0.244 e. The van der Waals surface area contributed by atoms with Crippen molar-refractivity contribution in [3.05, 3.63) is 70.1 Å². The first kappa shape index (κ1) is 13.3. The minimum Gasteiger partial charge on any atom is -0.244 e. The van der Waals surface area contributed by atoms with Crippen molar-refractivity contribution in [3.8, 4) is 16.4 Å². The summed E-state index contributed by atoms with van der Waals surface area (Å²) < 4.78 is 2.73. The number of aromatic amines is 1. The minimum absolute atomic E-state index is 0.396. The van der Waals surface area contributed by atoms with E-state index in [2.05, 4.69) is 10.1 Å². The third-order valence-corrected chi connectivity index (χ3v) is 5.05. The van der Waals surface area contributed by atoms with Gasteiger partial charge in [-0.25, -0.2) is 14.6 Å². The van der Waals surface area contributed by atoms with Crippen LogP contribution in [0.4, 0.5) is 0 Å². The van der Waals surface area contributed by atoms with Crippen LogP contribution in [-0.4, -0.2) is 14.8 Å². The number of H-pyrrole nitrogens is 1. The maximum atomic E-state index is 11.8. The first-order valence-electron chi connectivity index (χ1n) is 6.66. The van der Waals surface area contributed by atoms with Gasteiger partial charge in [-0.15, -0.1) is 11.3 Å². The topological polar surface area (TPSA) is 50.7 Å². The summed E-state index contributed by atoms with van der Waals surface area (Å²) in [6.07, 6.45) is 0. The first-order valence-corrected chi connectivity index (χ1v) is 7.85. The number of hydrogen-bond acceptors (Lipinski definition) is 3. The van der Waals surface area contributed by atoms with Crippen LogP contribution in [0.3, 0.4) is 0 Å². The molecule has 2 aromatic heterocycles. The third kappa shape index (κ3) is 2.06. The van der Waals surface area contributed by atoms with Gasteiger partial charge in [-0.05, 0) is 18.2 Å². The Morgan fingerprint density at radius 2 is 1.77 bits per heavy atom. The summed E-state index contributed by atoms with van der Waals surface area (Å²) in [6.45, 7) is 0. The van der Waals surface area contributed by atoms with E-state index in [1.807, 2.05) is 54.6 Å². The molecular weight excluding hydrogens is 318 g/mol. The lowest BCUT2D eigenvalue weighted by Crippen LogP contribution is -2.04. The van der Waals surface area contributed by atoms with Crippen molar-refractivity contribution in [1.29, 1.82) is 0 Å². The maximum absolute atomic E-state index is 11.8. The zero-order valence-corrected chi connectivity index (χ0v) is 12.9. The van der Waals surface area contributed by atoms with Gasteiger partial charge in [0.15, 0.2) is 5.82 Å². The van der Waals surface area contributed by atoms with Crippen LogP contribution >= 0.6 is 22.9 Å². The summed E-state index contributed by atoms with van der Waals surface area (Å²) in [4.78, 5) is 16.6. The van der Waals surface area contributed by atoms with Gasteiger partial charge in [0.05, 0.1) is 15.6 Å². The van der Waals surface area contributed by atoms with Crippen LogP contribution in [0.25, 0.3) is 26.5 Å². The van der Waals surface area contributed by atoms with Gasteiger partial charge in [-0.1, -0.05) is 48.0 Å². The van der Waals surface area contributed by atoms with E-state index < -0.39 is 5.69 Å². The Labute approximate surface area is 134 Å². The van der Waals surface area contributed by atoms with Crippen molar-refractivity contribution in [1.82, 2.24) is 14.8 Å². The quantitative estimate of drug-likeness (QED) is 0.602. The lowest BCUT2D eigenvalue weighted by Gasteiger charge is -2.05. The number of aromatic nitrogens is 3. The predicted octanol–water partition coefficient (Wildman–Crippen LogP) is 4.10. The van der Waals surface area contributed by atoms with Crippen molar-refractivity contribution in [2.24, 2.45) is 0 Å². The van der Waals surface area contributed by atoms with Crippen molar-refractivity contribution < 1.29 is 0 Å². The summed E-state index contributed by atoms with van der Waals surface area (Å²) in [7, 11) is 0. The Morgan fingerprint density at radius 1 is 1.05 bits per heavy atom. The highest BCUT2D eigenvalue weighted by Crippen LogP contribution is 2.41. The van der Waals surface area contributed by atoms with Crippen LogP contribution < -0.4 is 5.69 Å². The second-order valence-corrected chi connectivity index (χ2v) is 6.19. The van der Waals surface area contributed by atoms with E-state index in [1.165, 1.54) is 11.3 Å². The standard InChI is InChI=1S/C16H10ClN3OS/c17-13-11-8-4-5-9-12(11)22-14(13)15-18-16(21)19-20(15)10-6-2-1-3-7-10/h1-9H,(H,19,21). The fourth-order valence-electron chi connectivity index (χ4n) is 2.39. The van der Waals surface area contributed by atoms with Crippen LogP contribution in [0, 0.1) is 0 Å². The van der Waals surface area contributed by atoms with Gasteiger partial charge in [0, 0.05) is 10.1 Å². The molecule has 22 heavy (non-hydrogen) atoms. The normalized spacial score (nSPS) is 11.1. The number of thiophene rings is 1. The molecule has 0 saturated heterocycles. The molecule has 4 aromatic rings. The highest BCUT2D eigenvalue weighted by molar-refractivity contribution is 7.23. The number of rotatable bonds is 2. The molecule has 2 aromatic carbocycles. The molecule has 0 amide bonds. The molecule has 108 valence electrons. The number of benzene rings is 2. The third-order valence-electron chi connectivity index (χ3n) is 3.38. The Morgan fingerprint density at radius 3 is 2.55 bits per heavy atom. The highest BCUT2D eigenvalue weighted by atomic mass is 35.5. The summed E-state index contributed by atoms with van der Waals surface area (Å²) in [6, 6.07) is 17.4. The molecule has 6 heteroatoms. The Bertz CT molecular complexity index is 1020. The molecule has 0 spiro atoms. The zero-order valence-electron chi connectivity index (χ0n) is 11.3. The van der Waals surface area contributed by atoms with Gasteiger partial charge >= 0.3 is 5.69 Å². The predicted molar refractivity (Wildman–Crippen MR) is 90.0 cm³/mol. The van der Waals surface area contributed by atoms with Crippen molar-refractivity contribution in [3.63, 3.8) is 0 Å². The highest BCUT2D eigenvalue weighted by Gasteiger charge is 2.18. The Hall–Kier alpha value is -2.37.